The average Bonchev–Trinajstić information content (AvgIpc) is 3.06. The van der Waals surface area contributed by atoms with Crippen molar-refractivity contribution in [3.05, 3.63) is 59.5 Å². The summed E-state index contributed by atoms with van der Waals surface area (Å²) in [6.07, 6.45) is 1.64. The van der Waals surface area contributed by atoms with Crippen LogP contribution in [0.25, 0.3) is 0 Å². The minimum Gasteiger partial charge on any atom is -0.467 e. The van der Waals surface area contributed by atoms with Gasteiger partial charge in [0.05, 0.1) is 12.8 Å². The molecule has 0 radical (unpaired) electrons. The van der Waals surface area contributed by atoms with Gasteiger partial charge >= 0.3 is 0 Å². The van der Waals surface area contributed by atoms with Crippen LogP contribution >= 0.6 is 12.2 Å². The predicted molar refractivity (Wildman–Crippen MR) is 89.4 cm³/mol. The van der Waals surface area contributed by atoms with E-state index >= 15 is 0 Å². The molecule has 2 rings (SSSR count). The van der Waals surface area contributed by atoms with Gasteiger partial charge in [-0.15, -0.1) is 0 Å². The molecular formula is C16H19N3O2S. The van der Waals surface area contributed by atoms with E-state index in [1.165, 1.54) is 0 Å². The third-order valence-corrected chi connectivity index (χ3v) is 3.66. The highest BCUT2D eigenvalue weighted by molar-refractivity contribution is 7.80. The van der Waals surface area contributed by atoms with Crippen LogP contribution in [-0.4, -0.2) is 30.0 Å². The summed E-state index contributed by atoms with van der Waals surface area (Å²) in [5.74, 6) is 0.751. The smallest absolute Gasteiger partial charge is 0.251 e. The van der Waals surface area contributed by atoms with Crippen LogP contribution in [0.5, 0.6) is 0 Å². The van der Waals surface area contributed by atoms with Gasteiger partial charge < -0.3 is 20.0 Å². The van der Waals surface area contributed by atoms with E-state index in [1.807, 2.05) is 36.2 Å². The zero-order valence-electron chi connectivity index (χ0n) is 12.6. The Labute approximate surface area is 135 Å². The molecule has 1 aromatic heterocycles. The number of nitrogens with zero attached hydrogens (tertiary/aromatic N) is 1. The molecule has 0 aliphatic carbocycles. The van der Waals surface area contributed by atoms with E-state index in [-0.39, 0.29) is 5.91 Å². The number of hydrogen-bond donors (Lipinski definition) is 2. The van der Waals surface area contributed by atoms with Crippen molar-refractivity contribution in [2.24, 2.45) is 0 Å². The summed E-state index contributed by atoms with van der Waals surface area (Å²) >= 11 is 5.34. The number of nitrogens with one attached hydrogen (secondary N) is 2. The quantitative estimate of drug-likeness (QED) is 0.828. The largest absolute Gasteiger partial charge is 0.467 e. The maximum absolute atomic E-state index is 11.5. The van der Waals surface area contributed by atoms with E-state index in [0.29, 0.717) is 23.8 Å². The molecule has 1 aromatic carbocycles. The van der Waals surface area contributed by atoms with Crippen LogP contribution in [0.4, 0.5) is 0 Å². The Morgan fingerprint density at radius 2 is 2.00 bits per heavy atom. The Morgan fingerprint density at radius 3 is 2.59 bits per heavy atom. The molecule has 5 nitrogen and oxygen atoms in total. The van der Waals surface area contributed by atoms with Gasteiger partial charge in [0.2, 0.25) is 0 Å². The minimum absolute atomic E-state index is 0.0875. The van der Waals surface area contributed by atoms with E-state index in [4.69, 9.17) is 16.6 Å². The van der Waals surface area contributed by atoms with Crippen LogP contribution in [0, 0.1) is 0 Å². The van der Waals surface area contributed by atoms with Crippen molar-refractivity contribution < 1.29 is 9.21 Å². The molecule has 0 spiro atoms. The van der Waals surface area contributed by atoms with Crippen LogP contribution in [-0.2, 0) is 13.1 Å². The molecule has 6 heteroatoms. The van der Waals surface area contributed by atoms with Crippen LogP contribution in [0.3, 0.4) is 0 Å². The van der Waals surface area contributed by atoms with Crippen molar-refractivity contribution in [3.63, 3.8) is 0 Å². The lowest BCUT2D eigenvalue weighted by Crippen LogP contribution is -2.36. The van der Waals surface area contributed by atoms with Crippen molar-refractivity contribution >= 4 is 23.2 Å². The number of carbonyl (C=O) groups excluding carboxylic acids is 1. The van der Waals surface area contributed by atoms with E-state index < -0.39 is 0 Å². The summed E-state index contributed by atoms with van der Waals surface area (Å²) in [4.78, 5) is 13.4. The molecule has 2 aromatic rings. The molecule has 1 amide bonds. The van der Waals surface area contributed by atoms with Gasteiger partial charge in [-0.25, -0.2) is 0 Å². The van der Waals surface area contributed by atoms with E-state index in [1.54, 1.807) is 25.4 Å². The van der Waals surface area contributed by atoms with Crippen molar-refractivity contribution in [1.82, 2.24) is 15.5 Å². The molecule has 1 heterocycles. The molecule has 0 fully saturated rings. The van der Waals surface area contributed by atoms with Crippen molar-refractivity contribution in [2.75, 3.05) is 14.1 Å². The van der Waals surface area contributed by atoms with Gasteiger partial charge in [0.1, 0.15) is 5.76 Å². The average molecular weight is 317 g/mol. The molecular weight excluding hydrogens is 298 g/mol. The minimum atomic E-state index is -0.0875. The lowest BCUT2D eigenvalue weighted by molar-refractivity contribution is 0.0963. The second-order valence-electron chi connectivity index (χ2n) is 4.87. The van der Waals surface area contributed by atoms with Gasteiger partial charge in [0, 0.05) is 26.2 Å². The first-order chi connectivity index (χ1) is 10.6. The summed E-state index contributed by atoms with van der Waals surface area (Å²) in [6.45, 7) is 1.23. The molecule has 0 aliphatic heterocycles. The highest BCUT2D eigenvalue weighted by atomic mass is 32.1. The van der Waals surface area contributed by atoms with E-state index in [0.717, 1.165) is 11.3 Å². The number of hydrogen-bond acceptors (Lipinski definition) is 3. The lowest BCUT2D eigenvalue weighted by atomic mass is 10.1. The molecule has 116 valence electrons. The van der Waals surface area contributed by atoms with Crippen molar-refractivity contribution in [3.8, 4) is 0 Å². The second kappa shape index (κ2) is 7.61. The highest BCUT2D eigenvalue weighted by Gasteiger charge is 2.07. The maximum atomic E-state index is 11.5. The van der Waals surface area contributed by atoms with Gasteiger partial charge in [-0.3, -0.25) is 4.79 Å². The third-order valence-electron chi connectivity index (χ3n) is 3.20. The predicted octanol–water partition coefficient (Wildman–Crippen LogP) is 2.15. The van der Waals surface area contributed by atoms with Gasteiger partial charge in [-0.05, 0) is 42.0 Å². The number of amides is 1. The van der Waals surface area contributed by atoms with Crippen LogP contribution in [0.15, 0.2) is 47.1 Å². The molecule has 0 saturated carbocycles. The molecule has 2 N–H and O–H groups in total. The Hall–Kier alpha value is -2.34. The number of rotatable bonds is 5. The van der Waals surface area contributed by atoms with E-state index in [9.17, 15) is 4.79 Å². The SMILES string of the molecule is CNC(=O)c1ccc(CN(C)C(=S)NCc2ccco2)cc1. The first-order valence-electron chi connectivity index (χ1n) is 6.92. The first-order valence-corrected chi connectivity index (χ1v) is 7.33. The van der Waals surface area contributed by atoms with Crippen molar-refractivity contribution in [1.29, 1.82) is 0 Å². The summed E-state index contributed by atoms with van der Waals surface area (Å²) < 4.78 is 5.25. The molecule has 0 atom stereocenters. The Kier molecular flexibility index (Phi) is 5.55. The topological polar surface area (TPSA) is 57.5 Å². The zero-order chi connectivity index (χ0) is 15.9. The van der Waals surface area contributed by atoms with Crippen LogP contribution < -0.4 is 10.6 Å². The zero-order valence-corrected chi connectivity index (χ0v) is 13.4. The Bertz CT molecular complexity index is 623. The number of thiocarbonyl (C=S) groups is 1. The molecule has 0 bridgehead atoms. The fourth-order valence-corrected chi connectivity index (χ4v) is 2.10. The van der Waals surface area contributed by atoms with E-state index in [2.05, 4.69) is 10.6 Å². The molecule has 0 aliphatic rings. The highest BCUT2D eigenvalue weighted by Crippen LogP contribution is 2.07. The summed E-state index contributed by atoms with van der Waals surface area (Å²) in [6, 6.07) is 11.2. The molecule has 0 saturated heterocycles. The Morgan fingerprint density at radius 1 is 1.27 bits per heavy atom. The van der Waals surface area contributed by atoms with Crippen molar-refractivity contribution in [2.45, 2.75) is 13.1 Å². The standard InChI is InChI=1S/C16H19N3O2S/c1-17-15(20)13-7-5-12(6-8-13)11-19(2)16(22)18-10-14-4-3-9-21-14/h3-9H,10-11H2,1-2H3,(H,17,20)(H,18,22). The number of benzene rings is 1. The van der Waals surface area contributed by atoms with Gasteiger partial charge in [0.25, 0.3) is 5.91 Å². The van der Waals surface area contributed by atoms with Crippen LogP contribution in [0.1, 0.15) is 21.7 Å². The fraction of sp³-hybridized carbons (Fsp3) is 0.250. The summed E-state index contributed by atoms with van der Waals surface area (Å²) in [5.41, 5.74) is 1.73. The third kappa shape index (κ3) is 4.33. The summed E-state index contributed by atoms with van der Waals surface area (Å²) in [5, 5.41) is 6.39. The van der Waals surface area contributed by atoms with Gasteiger partial charge in [-0.1, -0.05) is 12.1 Å². The second-order valence-corrected chi connectivity index (χ2v) is 5.26. The lowest BCUT2D eigenvalue weighted by Gasteiger charge is -2.20. The normalized spacial score (nSPS) is 10.1. The fourth-order valence-electron chi connectivity index (χ4n) is 1.96. The number of furan rings is 1. The summed E-state index contributed by atoms with van der Waals surface area (Å²) in [7, 11) is 3.54. The van der Waals surface area contributed by atoms with Gasteiger partial charge in [0.15, 0.2) is 5.11 Å². The number of carbonyl (C=O) groups is 1. The monoisotopic (exact) mass is 317 g/mol. The Balaban J connectivity index is 1.86. The molecule has 0 unspecified atom stereocenters. The molecule has 22 heavy (non-hydrogen) atoms. The maximum Gasteiger partial charge on any atom is 0.251 e. The first kappa shape index (κ1) is 16.0. The van der Waals surface area contributed by atoms with Gasteiger partial charge in [-0.2, -0.15) is 0 Å². The van der Waals surface area contributed by atoms with Crippen LogP contribution in [0.2, 0.25) is 0 Å².